The Balaban J connectivity index is 2.90. The van der Waals surface area contributed by atoms with E-state index in [9.17, 15) is 13.2 Å². The van der Waals surface area contributed by atoms with Crippen LogP contribution in [-0.2, 0) is 12.7 Å². The maximum absolute atomic E-state index is 13.0. The van der Waals surface area contributed by atoms with Crippen molar-refractivity contribution in [1.82, 2.24) is 5.32 Å². The number of hydrogen-bond acceptors (Lipinski definition) is 3. The van der Waals surface area contributed by atoms with Crippen LogP contribution in [-0.4, -0.2) is 24.0 Å². The van der Waals surface area contributed by atoms with Crippen molar-refractivity contribution in [2.24, 2.45) is 5.92 Å². The van der Waals surface area contributed by atoms with E-state index >= 15 is 0 Å². The van der Waals surface area contributed by atoms with Crippen LogP contribution in [0.25, 0.3) is 0 Å². The zero-order valence-corrected chi connectivity index (χ0v) is 12.4. The molecule has 0 aliphatic rings. The van der Waals surface area contributed by atoms with E-state index in [0.717, 1.165) is 0 Å². The maximum atomic E-state index is 13.0. The molecule has 1 atom stereocenters. The third kappa shape index (κ3) is 5.34. The average molecular weight is 307 g/mol. The molecule has 0 saturated heterocycles. The lowest BCUT2D eigenvalue weighted by molar-refractivity contribution is -0.138. The second-order valence-corrected chi connectivity index (χ2v) is 5.79. The molecule has 0 bridgehead atoms. The number of aliphatic hydroxyl groups is 1. The number of hydrogen-bond donors (Lipinski definition) is 2. The fraction of sp³-hybridized carbons (Fsp3) is 0.571. The van der Waals surface area contributed by atoms with Crippen molar-refractivity contribution >= 4 is 11.8 Å². The molecule has 0 fully saturated rings. The minimum absolute atomic E-state index is 0.0393. The highest BCUT2D eigenvalue weighted by atomic mass is 32.2. The molecule has 1 aromatic rings. The molecule has 20 heavy (non-hydrogen) atoms. The quantitative estimate of drug-likeness (QED) is 0.756. The Bertz CT molecular complexity index is 423. The van der Waals surface area contributed by atoms with Crippen molar-refractivity contribution in [2.75, 3.05) is 18.9 Å². The van der Waals surface area contributed by atoms with Gasteiger partial charge in [0.05, 0.1) is 5.56 Å². The summed E-state index contributed by atoms with van der Waals surface area (Å²) in [5.74, 6) is 0.663. The number of halogens is 3. The second-order valence-electron chi connectivity index (χ2n) is 4.70. The van der Waals surface area contributed by atoms with Crippen LogP contribution in [0.3, 0.4) is 0 Å². The van der Waals surface area contributed by atoms with E-state index in [1.807, 2.05) is 13.8 Å². The number of rotatable bonds is 7. The third-order valence-corrected chi connectivity index (χ3v) is 4.12. The molecule has 0 saturated carbocycles. The van der Waals surface area contributed by atoms with Gasteiger partial charge in [0.25, 0.3) is 0 Å². The Morgan fingerprint density at radius 3 is 2.60 bits per heavy atom. The molecular formula is C14H20F3NOS. The average Bonchev–Trinajstić information content (AvgIpc) is 2.41. The van der Waals surface area contributed by atoms with Gasteiger partial charge in [0.1, 0.15) is 0 Å². The molecule has 0 aromatic heterocycles. The summed E-state index contributed by atoms with van der Waals surface area (Å²) >= 11 is 1.34. The smallest absolute Gasteiger partial charge is 0.396 e. The molecule has 2 N–H and O–H groups in total. The molecule has 114 valence electrons. The predicted molar refractivity (Wildman–Crippen MR) is 75.8 cm³/mol. The normalized spacial score (nSPS) is 13.5. The number of nitrogens with one attached hydrogen (secondary N) is 1. The van der Waals surface area contributed by atoms with E-state index in [2.05, 4.69) is 5.32 Å². The van der Waals surface area contributed by atoms with Gasteiger partial charge in [0.15, 0.2) is 0 Å². The van der Waals surface area contributed by atoms with Gasteiger partial charge < -0.3 is 10.4 Å². The Morgan fingerprint density at radius 2 is 2.05 bits per heavy atom. The van der Waals surface area contributed by atoms with Gasteiger partial charge in [-0.2, -0.15) is 13.2 Å². The largest absolute Gasteiger partial charge is 0.416 e. The molecule has 0 amide bonds. The van der Waals surface area contributed by atoms with Crippen LogP contribution in [0.2, 0.25) is 0 Å². The first-order chi connectivity index (χ1) is 9.38. The summed E-state index contributed by atoms with van der Waals surface area (Å²) in [5.41, 5.74) is -0.320. The minimum Gasteiger partial charge on any atom is -0.396 e. The molecule has 1 unspecified atom stereocenters. The first-order valence-electron chi connectivity index (χ1n) is 6.53. The van der Waals surface area contributed by atoms with Crippen LogP contribution < -0.4 is 5.32 Å². The topological polar surface area (TPSA) is 32.3 Å². The SMILES string of the molecule is CCNCc1ccc(SCC(C)CO)cc1C(F)(F)F. The Labute approximate surface area is 121 Å². The Morgan fingerprint density at radius 1 is 1.35 bits per heavy atom. The van der Waals surface area contributed by atoms with Crippen LogP contribution in [0, 0.1) is 5.92 Å². The molecule has 1 rings (SSSR count). The highest BCUT2D eigenvalue weighted by Crippen LogP contribution is 2.35. The van der Waals surface area contributed by atoms with Gasteiger partial charge in [-0.25, -0.2) is 0 Å². The van der Waals surface area contributed by atoms with Gasteiger partial charge in [0, 0.05) is 23.8 Å². The van der Waals surface area contributed by atoms with Crippen LogP contribution in [0.5, 0.6) is 0 Å². The molecule has 1 aromatic carbocycles. The van der Waals surface area contributed by atoms with Crippen LogP contribution in [0.1, 0.15) is 25.0 Å². The van der Waals surface area contributed by atoms with E-state index in [0.29, 0.717) is 17.2 Å². The number of alkyl halides is 3. The van der Waals surface area contributed by atoms with E-state index in [4.69, 9.17) is 5.11 Å². The van der Waals surface area contributed by atoms with Crippen molar-refractivity contribution < 1.29 is 18.3 Å². The Hall–Kier alpha value is -0.720. The number of aliphatic hydroxyl groups excluding tert-OH is 1. The number of benzene rings is 1. The molecule has 0 radical (unpaired) electrons. The van der Waals surface area contributed by atoms with Crippen molar-refractivity contribution in [2.45, 2.75) is 31.5 Å². The fourth-order valence-electron chi connectivity index (χ4n) is 1.61. The molecular weight excluding hydrogens is 287 g/mol. The predicted octanol–water partition coefficient (Wildman–Crippen LogP) is 3.54. The van der Waals surface area contributed by atoms with Gasteiger partial charge in [-0.3, -0.25) is 0 Å². The van der Waals surface area contributed by atoms with E-state index < -0.39 is 11.7 Å². The number of thioether (sulfide) groups is 1. The van der Waals surface area contributed by atoms with Crippen molar-refractivity contribution in [3.63, 3.8) is 0 Å². The first kappa shape index (κ1) is 17.3. The second kappa shape index (κ2) is 7.90. The monoisotopic (exact) mass is 307 g/mol. The minimum atomic E-state index is -4.34. The summed E-state index contributed by atoms with van der Waals surface area (Å²) in [6, 6.07) is 4.43. The summed E-state index contributed by atoms with van der Waals surface area (Å²) in [5, 5.41) is 11.9. The third-order valence-electron chi connectivity index (χ3n) is 2.80. The van der Waals surface area contributed by atoms with Gasteiger partial charge in [-0.1, -0.05) is 19.9 Å². The first-order valence-corrected chi connectivity index (χ1v) is 7.51. The molecule has 2 nitrogen and oxygen atoms in total. The van der Waals surface area contributed by atoms with Crippen molar-refractivity contribution in [3.05, 3.63) is 29.3 Å². The highest BCUT2D eigenvalue weighted by Gasteiger charge is 2.33. The zero-order valence-electron chi connectivity index (χ0n) is 11.6. The summed E-state index contributed by atoms with van der Waals surface area (Å²) in [7, 11) is 0. The zero-order chi connectivity index (χ0) is 15.2. The van der Waals surface area contributed by atoms with Gasteiger partial charge in [0.2, 0.25) is 0 Å². The molecule has 0 spiro atoms. The van der Waals surface area contributed by atoms with Gasteiger partial charge >= 0.3 is 6.18 Å². The summed E-state index contributed by atoms with van der Waals surface area (Å²) in [6.45, 7) is 4.59. The van der Waals surface area contributed by atoms with Crippen molar-refractivity contribution in [3.8, 4) is 0 Å². The Kier molecular flexibility index (Phi) is 6.85. The fourth-order valence-corrected chi connectivity index (χ4v) is 2.56. The van der Waals surface area contributed by atoms with E-state index in [-0.39, 0.29) is 24.6 Å². The van der Waals surface area contributed by atoms with Crippen LogP contribution in [0.4, 0.5) is 13.2 Å². The standard InChI is InChI=1S/C14H20F3NOS/c1-3-18-7-11-4-5-12(20-9-10(2)8-19)6-13(11)14(15,16)17/h4-6,10,18-19H,3,7-9H2,1-2H3. The lowest BCUT2D eigenvalue weighted by atomic mass is 10.1. The highest BCUT2D eigenvalue weighted by molar-refractivity contribution is 7.99. The molecule has 0 aliphatic carbocycles. The molecule has 0 heterocycles. The van der Waals surface area contributed by atoms with E-state index in [1.54, 1.807) is 6.07 Å². The lowest BCUT2D eigenvalue weighted by Crippen LogP contribution is -2.17. The summed E-state index contributed by atoms with van der Waals surface area (Å²) in [4.78, 5) is 0.581. The summed E-state index contributed by atoms with van der Waals surface area (Å²) in [6.07, 6.45) is -4.34. The van der Waals surface area contributed by atoms with Crippen LogP contribution in [0.15, 0.2) is 23.1 Å². The lowest BCUT2D eigenvalue weighted by Gasteiger charge is -2.15. The van der Waals surface area contributed by atoms with Gasteiger partial charge in [-0.15, -0.1) is 11.8 Å². The van der Waals surface area contributed by atoms with E-state index in [1.165, 1.54) is 23.9 Å². The van der Waals surface area contributed by atoms with Crippen molar-refractivity contribution in [1.29, 1.82) is 0 Å². The van der Waals surface area contributed by atoms with Gasteiger partial charge in [-0.05, 0) is 30.2 Å². The maximum Gasteiger partial charge on any atom is 0.416 e. The molecule has 0 aliphatic heterocycles. The molecule has 6 heteroatoms. The summed E-state index contributed by atoms with van der Waals surface area (Å²) < 4.78 is 39.1. The van der Waals surface area contributed by atoms with Crippen LogP contribution >= 0.6 is 11.8 Å².